The van der Waals surface area contributed by atoms with Crippen LogP contribution in [0.1, 0.15) is 24.5 Å². The molecule has 0 unspecified atom stereocenters. The third-order valence-corrected chi connectivity index (χ3v) is 3.48. The van der Waals surface area contributed by atoms with E-state index >= 15 is 0 Å². The Bertz CT molecular complexity index is 356. The molecule has 1 aromatic rings. The maximum atomic E-state index is 9.32. The van der Waals surface area contributed by atoms with Crippen LogP contribution in [0.15, 0.2) is 18.2 Å². The van der Waals surface area contributed by atoms with Gasteiger partial charge in [-0.1, -0.05) is 24.6 Å². The van der Waals surface area contributed by atoms with Gasteiger partial charge in [0.05, 0.1) is 18.8 Å². The summed E-state index contributed by atoms with van der Waals surface area (Å²) in [6.07, 6.45) is 0.673. The van der Waals surface area contributed by atoms with Crippen LogP contribution in [0.5, 0.6) is 0 Å². The first-order chi connectivity index (χ1) is 8.06. The van der Waals surface area contributed by atoms with Gasteiger partial charge in [-0.05, 0) is 36.6 Å². The second kappa shape index (κ2) is 6.36. The summed E-state index contributed by atoms with van der Waals surface area (Å²) in [6, 6.07) is 5.71. The Hall–Kier alpha value is -0.610. The molecular formula is C13H20ClNO2. The lowest BCUT2D eigenvalue weighted by atomic mass is 9.97. The van der Waals surface area contributed by atoms with Crippen molar-refractivity contribution in [3.05, 3.63) is 34.3 Å². The van der Waals surface area contributed by atoms with Crippen molar-refractivity contribution in [3.63, 3.8) is 0 Å². The molecule has 0 fully saturated rings. The van der Waals surface area contributed by atoms with Crippen LogP contribution in [-0.2, 0) is 6.54 Å². The molecule has 0 aromatic heterocycles. The van der Waals surface area contributed by atoms with Gasteiger partial charge in [-0.3, -0.25) is 0 Å². The van der Waals surface area contributed by atoms with Crippen molar-refractivity contribution >= 4 is 11.6 Å². The van der Waals surface area contributed by atoms with E-state index in [4.69, 9.17) is 11.6 Å². The SMILES string of the molecule is CCC(CO)(CO)NCc1ccc(Cl)cc1C. The number of halogens is 1. The summed E-state index contributed by atoms with van der Waals surface area (Å²) < 4.78 is 0. The molecule has 3 nitrogen and oxygen atoms in total. The number of benzene rings is 1. The van der Waals surface area contributed by atoms with E-state index in [1.54, 1.807) is 0 Å². The first kappa shape index (κ1) is 14.5. The Morgan fingerprint density at radius 1 is 1.29 bits per heavy atom. The van der Waals surface area contributed by atoms with Crippen LogP contribution < -0.4 is 5.32 Å². The highest BCUT2D eigenvalue weighted by atomic mass is 35.5. The second-order valence-electron chi connectivity index (χ2n) is 4.37. The third kappa shape index (κ3) is 3.68. The minimum absolute atomic E-state index is 0.0767. The van der Waals surface area contributed by atoms with Gasteiger partial charge in [-0.15, -0.1) is 0 Å². The Kier molecular flexibility index (Phi) is 5.40. The highest BCUT2D eigenvalue weighted by molar-refractivity contribution is 6.30. The van der Waals surface area contributed by atoms with Gasteiger partial charge >= 0.3 is 0 Å². The lowest BCUT2D eigenvalue weighted by Gasteiger charge is -2.30. The molecule has 0 amide bonds. The molecular weight excluding hydrogens is 238 g/mol. The van der Waals surface area contributed by atoms with E-state index in [9.17, 15) is 10.2 Å². The van der Waals surface area contributed by atoms with Crippen LogP contribution in [0.25, 0.3) is 0 Å². The largest absolute Gasteiger partial charge is 0.394 e. The first-order valence-electron chi connectivity index (χ1n) is 5.78. The van der Waals surface area contributed by atoms with Crippen molar-refractivity contribution in [2.45, 2.75) is 32.4 Å². The fraction of sp³-hybridized carbons (Fsp3) is 0.538. The number of aryl methyl sites for hydroxylation is 1. The number of hydrogen-bond donors (Lipinski definition) is 3. The van der Waals surface area contributed by atoms with E-state index in [-0.39, 0.29) is 13.2 Å². The standard InChI is InChI=1S/C13H20ClNO2/c1-3-13(8-16,9-17)15-7-11-4-5-12(14)6-10(11)2/h4-6,15-17H,3,7-9H2,1-2H3. The fourth-order valence-corrected chi connectivity index (χ4v) is 1.88. The van der Waals surface area contributed by atoms with Gasteiger partial charge in [0, 0.05) is 11.6 Å². The smallest absolute Gasteiger partial charge is 0.0648 e. The lowest BCUT2D eigenvalue weighted by molar-refractivity contribution is 0.0863. The van der Waals surface area contributed by atoms with Gasteiger partial charge in [-0.2, -0.15) is 0 Å². The van der Waals surface area contributed by atoms with Crippen LogP contribution in [0, 0.1) is 6.92 Å². The molecule has 1 aromatic carbocycles. The molecule has 0 aliphatic rings. The summed E-state index contributed by atoms with van der Waals surface area (Å²) in [7, 11) is 0. The molecule has 0 saturated carbocycles. The van der Waals surface area contributed by atoms with Gasteiger partial charge < -0.3 is 15.5 Å². The number of rotatable bonds is 6. The summed E-state index contributed by atoms with van der Waals surface area (Å²) in [5.74, 6) is 0. The average Bonchev–Trinajstić information content (AvgIpc) is 2.33. The molecule has 0 aliphatic heterocycles. The predicted octanol–water partition coefficient (Wildman–Crippen LogP) is 1.87. The Labute approximate surface area is 107 Å². The van der Waals surface area contributed by atoms with E-state index in [0.29, 0.717) is 13.0 Å². The van der Waals surface area contributed by atoms with Crippen LogP contribution in [0.3, 0.4) is 0 Å². The minimum Gasteiger partial charge on any atom is -0.394 e. The van der Waals surface area contributed by atoms with Gasteiger partial charge in [-0.25, -0.2) is 0 Å². The monoisotopic (exact) mass is 257 g/mol. The Morgan fingerprint density at radius 3 is 2.41 bits per heavy atom. The quantitative estimate of drug-likeness (QED) is 0.729. The van der Waals surface area contributed by atoms with Gasteiger partial charge in [0.1, 0.15) is 0 Å². The lowest BCUT2D eigenvalue weighted by Crippen LogP contribution is -2.50. The van der Waals surface area contributed by atoms with E-state index in [1.807, 2.05) is 32.0 Å². The summed E-state index contributed by atoms with van der Waals surface area (Å²) >= 11 is 5.89. The molecule has 1 rings (SSSR count). The average molecular weight is 258 g/mol. The maximum Gasteiger partial charge on any atom is 0.0648 e. The molecule has 0 bridgehead atoms. The van der Waals surface area contributed by atoms with E-state index in [2.05, 4.69) is 5.32 Å². The molecule has 4 heteroatoms. The summed E-state index contributed by atoms with van der Waals surface area (Å²) in [5.41, 5.74) is 1.62. The van der Waals surface area contributed by atoms with E-state index < -0.39 is 5.54 Å². The zero-order valence-electron chi connectivity index (χ0n) is 10.3. The summed E-state index contributed by atoms with van der Waals surface area (Å²) in [4.78, 5) is 0. The number of hydrogen-bond acceptors (Lipinski definition) is 3. The van der Waals surface area contributed by atoms with Crippen molar-refractivity contribution in [1.29, 1.82) is 0 Å². The third-order valence-electron chi connectivity index (χ3n) is 3.24. The van der Waals surface area contributed by atoms with Crippen LogP contribution in [0.4, 0.5) is 0 Å². The van der Waals surface area contributed by atoms with Crippen LogP contribution in [0.2, 0.25) is 5.02 Å². The highest BCUT2D eigenvalue weighted by Gasteiger charge is 2.25. The Morgan fingerprint density at radius 2 is 1.94 bits per heavy atom. The normalized spacial score (nSPS) is 11.8. The van der Waals surface area contributed by atoms with Crippen molar-refractivity contribution in [2.24, 2.45) is 0 Å². The molecule has 0 aliphatic carbocycles. The van der Waals surface area contributed by atoms with E-state index in [0.717, 1.165) is 16.1 Å². The predicted molar refractivity (Wildman–Crippen MR) is 70.2 cm³/mol. The first-order valence-corrected chi connectivity index (χ1v) is 6.16. The van der Waals surface area contributed by atoms with Crippen molar-refractivity contribution in [3.8, 4) is 0 Å². The molecule has 3 N–H and O–H groups in total. The molecule has 0 spiro atoms. The van der Waals surface area contributed by atoms with Crippen molar-refractivity contribution in [2.75, 3.05) is 13.2 Å². The molecule has 0 atom stereocenters. The zero-order chi connectivity index (χ0) is 12.9. The maximum absolute atomic E-state index is 9.32. The fourth-order valence-electron chi connectivity index (χ4n) is 1.65. The van der Waals surface area contributed by atoms with Gasteiger partial charge in [0.2, 0.25) is 0 Å². The second-order valence-corrected chi connectivity index (χ2v) is 4.81. The summed E-state index contributed by atoms with van der Waals surface area (Å²) in [6.45, 7) is 4.39. The molecule has 17 heavy (non-hydrogen) atoms. The van der Waals surface area contributed by atoms with Crippen molar-refractivity contribution in [1.82, 2.24) is 5.32 Å². The molecule has 0 heterocycles. The number of aliphatic hydroxyl groups excluding tert-OH is 2. The van der Waals surface area contributed by atoms with Gasteiger partial charge in [0.15, 0.2) is 0 Å². The number of nitrogens with one attached hydrogen (secondary N) is 1. The molecule has 96 valence electrons. The summed E-state index contributed by atoms with van der Waals surface area (Å²) in [5, 5.41) is 22.6. The molecule has 0 saturated heterocycles. The minimum atomic E-state index is -0.605. The van der Waals surface area contributed by atoms with Gasteiger partial charge in [0.25, 0.3) is 0 Å². The van der Waals surface area contributed by atoms with Crippen LogP contribution in [-0.4, -0.2) is 29.0 Å². The topological polar surface area (TPSA) is 52.5 Å². The molecule has 0 radical (unpaired) electrons. The van der Waals surface area contributed by atoms with Crippen LogP contribution >= 0.6 is 11.6 Å². The zero-order valence-corrected chi connectivity index (χ0v) is 11.1. The number of aliphatic hydroxyl groups is 2. The van der Waals surface area contributed by atoms with Crippen molar-refractivity contribution < 1.29 is 10.2 Å². The van der Waals surface area contributed by atoms with E-state index in [1.165, 1.54) is 0 Å². The Balaban J connectivity index is 2.72. The highest BCUT2D eigenvalue weighted by Crippen LogP contribution is 2.16.